The molecule has 0 amide bonds. The lowest BCUT2D eigenvalue weighted by Gasteiger charge is -2.51. The second-order valence-corrected chi connectivity index (χ2v) is 12.7. The van der Waals surface area contributed by atoms with Crippen LogP contribution in [0.4, 0.5) is 0 Å². The summed E-state index contributed by atoms with van der Waals surface area (Å²) >= 11 is 0. The largest absolute Gasteiger partial charge is 0.508 e. The number of fused-ring (bicyclic) bond motifs is 2. The summed E-state index contributed by atoms with van der Waals surface area (Å²) in [6.45, 7) is 13.1. The van der Waals surface area contributed by atoms with E-state index in [1.807, 2.05) is 39.8 Å². The van der Waals surface area contributed by atoms with Gasteiger partial charge in [-0.25, -0.2) is 0 Å². The number of phenols is 1. The summed E-state index contributed by atoms with van der Waals surface area (Å²) in [5.74, 6) is -3.55. The monoisotopic (exact) mass is 564 g/mol. The number of hydrogen-bond donors (Lipinski definition) is 3. The van der Waals surface area contributed by atoms with Gasteiger partial charge in [-0.3, -0.25) is 9.59 Å². The van der Waals surface area contributed by atoms with Crippen LogP contribution in [0, 0.1) is 23.2 Å². The van der Waals surface area contributed by atoms with Crippen LogP contribution in [0.3, 0.4) is 0 Å². The lowest BCUT2D eigenvalue weighted by atomic mass is 9.75. The van der Waals surface area contributed by atoms with Crippen molar-refractivity contribution in [2.24, 2.45) is 23.2 Å². The Morgan fingerprint density at radius 3 is 2.42 bits per heavy atom. The maximum atomic E-state index is 12.8. The van der Waals surface area contributed by atoms with Gasteiger partial charge in [0.25, 0.3) is 0 Å². The van der Waals surface area contributed by atoms with Gasteiger partial charge < -0.3 is 34.3 Å². The molecule has 9 heteroatoms. The number of cyclic esters (lactones) is 2. The van der Waals surface area contributed by atoms with Crippen LogP contribution in [0.25, 0.3) is 0 Å². The number of phenolic OH excluding ortho intramolecular Hbond substituents is 1. The van der Waals surface area contributed by atoms with Gasteiger partial charge in [0.15, 0.2) is 12.1 Å². The fourth-order valence-electron chi connectivity index (χ4n) is 5.88. The molecule has 2 bridgehead atoms. The van der Waals surface area contributed by atoms with Crippen LogP contribution >= 0.6 is 0 Å². The van der Waals surface area contributed by atoms with Gasteiger partial charge in [-0.1, -0.05) is 46.8 Å². The Kier molecular flexibility index (Phi) is 10.7. The zero-order valence-electron chi connectivity index (χ0n) is 25.0. The molecular formula is C31H48O9. The number of aliphatic hydroxyl groups excluding tert-OH is 1. The Hall–Kier alpha value is -2.20. The summed E-state index contributed by atoms with van der Waals surface area (Å²) in [5.41, 5.74) is 0.568. The number of aromatic hydroxyl groups is 1. The molecule has 0 aromatic heterocycles. The molecule has 2 aliphatic heterocycles. The van der Waals surface area contributed by atoms with Crippen molar-refractivity contribution in [3.05, 3.63) is 29.8 Å². The minimum absolute atomic E-state index is 0.0309. The van der Waals surface area contributed by atoms with Gasteiger partial charge in [0.2, 0.25) is 0 Å². The third kappa shape index (κ3) is 8.18. The van der Waals surface area contributed by atoms with Crippen LogP contribution in [0.5, 0.6) is 5.75 Å². The molecule has 2 fully saturated rings. The van der Waals surface area contributed by atoms with Crippen LogP contribution < -0.4 is 0 Å². The van der Waals surface area contributed by atoms with E-state index in [1.165, 1.54) is 6.92 Å². The van der Waals surface area contributed by atoms with Crippen LogP contribution in [0.2, 0.25) is 0 Å². The Morgan fingerprint density at radius 2 is 1.77 bits per heavy atom. The van der Waals surface area contributed by atoms with Gasteiger partial charge in [0, 0.05) is 17.3 Å². The van der Waals surface area contributed by atoms with Crippen molar-refractivity contribution in [1.82, 2.24) is 0 Å². The molecule has 3 N–H and O–H groups in total. The number of benzene rings is 1. The molecule has 2 heterocycles. The first-order valence-electron chi connectivity index (χ1n) is 14.5. The highest BCUT2D eigenvalue weighted by atomic mass is 16.7. The predicted octanol–water partition coefficient (Wildman–Crippen LogP) is 4.49. The molecule has 0 unspecified atom stereocenters. The lowest BCUT2D eigenvalue weighted by molar-refractivity contribution is -0.379. The number of esters is 2. The number of aliphatic hydroxyl groups is 2. The zero-order chi connectivity index (χ0) is 29.8. The molecule has 9 atom stereocenters. The molecule has 2 saturated heterocycles. The van der Waals surface area contributed by atoms with Gasteiger partial charge in [-0.05, 0) is 63.1 Å². The molecule has 0 radical (unpaired) electrons. The van der Waals surface area contributed by atoms with Gasteiger partial charge in [0.05, 0.1) is 25.0 Å². The van der Waals surface area contributed by atoms with Crippen LogP contribution in [0.1, 0.15) is 86.1 Å². The standard InChI is InChI=1S/C31H48O9/c1-18(10-8-11-23-12-9-13-24(33)14-23)28-20(3)22(5)37-26(34)15-25(21(4)32)38-27(35)17-31(36)19(2)16-30(6,7)29(39-28)40-31/h9,12-14,18-22,25,28-29,32-33,36H,8,10-11,15-17H2,1-7H3/t18-,19+,20-,21+,22-,25+,28+,29-,31-/m0/s1. The summed E-state index contributed by atoms with van der Waals surface area (Å²) < 4.78 is 24.1. The van der Waals surface area contributed by atoms with Crippen molar-refractivity contribution in [3.63, 3.8) is 0 Å². The Balaban J connectivity index is 1.88. The van der Waals surface area contributed by atoms with Crippen molar-refractivity contribution in [1.29, 1.82) is 0 Å². The quantitative estimate of drug-likeness (QED) is 0.428. The number of hydrogen-bond acceptors (Lipinski definition) is 9. The number of aryl methyl sites for hydroxylation is 1. The normalized spacial score (nSPS) is 35.1. The number of ether oxygens (including phenoxy) is 4. The van der Waals surface area contributed by atoms with Gasteiger partial charge in [-0.2, -0.15) is 0 Å². The molecule has 0 saturated carbocycles. The Labute approximate surface area is 238 Å². The molecule has 0 aliphatic carbocycles. The number of carbonyl (C=O) groups excluding carboxylic acids is 2. The first kappa shape index (κ1) is 32.3. The van der Waals surface area contributed by atoms with E-state index < -0.39 is 66.2 Å². The summed E-state index contributed by atoms with van der Waals surface area (Å²) in [7, 11) is 0. The van der Waals surface area contributed by atoms with Gasteiger partial charge in [-0.15, -0.1) is 0 Å². The maximum Gasteiger partial charge on any atom is 0.311 e. The van der Waals surface area contributed by atoms with E-state index in [0.717, 1.165) is 24.8 Å². The van der Waals surface area contributed by atoms with Crippen LogP contribution in [-0.2, 0) is 35.0 Å². The summed E-state index contributed by atoms with van der Waals surface area (Å²) in [6.07, 6.45) is -1.77. The SMILES string of the molecule is C[C@@H]1[C@@H]([C@@H](C)CCCc2cccc(O)c2)O[C@H]2O[C@@](O)(CC(=O)O[C@@H]([C@@H](C)O)CC(=O)O[C@H]1C)[C@H](C)CC2(C)C. The van der Waals surface area contributed by atoms with Crippen molar-refractivity contribution in [2.45, 2.75) is 123 Å². The predicted molar refractivity (Wildman–Crippen MR) is 148 cm³/mol. The van der Waals surface area contributed by atoms with E-state index in [4.69, 9.17) is 18.9 Å². The summed E-state index contributed by atoms with van der Waals surface area (Å²) in [4.78, 5) is 25.7. The topological polar surface area (TPSA) is 132 Å². The zero-order valence-corrected chi connectivity index (χ0v) is 25.0. The second kappa shape index (κ2) is 13.2. The molecule has 1 aromatic carbocycles. The fraction of sp³-hybridized carbons (Fsp3) is 0.742. The second-order valence-electron chi connectivity index (χ2n) is 12.7. The Morgan fingerprint density at radius 1 is 1.07 bits per heavy atom. The van der Waals surface area contributed by atoms with Crippen molar-refractivity contribution >= 4 is 11.9 Å². The average molecular weight is 565 g/mol. The first-order chi connectivity index (χ1) is 18.6. The van der Waals surface area contributed by atoms with Crippen LogP contribution in [0.15, 0.2) is 24.3 Å². The van der Waals surface area contributed by atoms with E-state index in [2.05, 4.69) is 6.92 Å². The van der Waals surface area contributed by atoms with E-state index >= 15 is 0 Å². The van der Waals surface area contributed by atoms with Crippen LogP contribution in [-0.4, -0.2) is 63.8 Å². The molecule has 9 nitrogen and oxygen atoms in total. The smallest absolute Gasteiger partial charge is 0.311 e. The van der Waals surface area contributed by atoms with E-state index in [9.17, 15) is 24.9 Å². The molecule has 226 valence electrons. The minimum atomic E-state index is -1.83. The van der Waals surface area contributed by atoms with Crippen molar-refractivity contribution in [3.8, 4) is 5.75 Å². The molecular weight excluding hydrogens is 516 g/mol. The third-order valence-electron chi connectivity index (χ3n) is 8.59. The van der Waals surface area contributed by atoms with Crippen molar-refractivity contribution in [2.75, 3.05) is 0 Å². The molecule has 2 aliphatic rings. The summed E-state index contributed by atoms with van der Waals surface area (Å²) in [6, 6.07) is 7.23. The number of carbonyl (C=O) groups is 2. The first-order valence-corrected chi connectivity index (χ1v) is 14.5. The molecule has 0 spiro atoms. The number of rotatable bonds is 6. The summed E-state index contributed by atoms with van der Waals surface area (Å²) in [5, 5.41) is 31.5. The average Bonchev–Trinajstić information content (AvgIpc) is 2.83. The van der Waals surface area contributed by atoms with Gasteiger partial charge in [0.1, 0.15) is 18.0 Å². The van der Waals surface area contributed by atoms with Gasteiger partial charge >= 0.3 is 11.9 Å². The molecule has 1 aromatic rings. The van der Waals surface area contributed by atoms with Crippen molar-refractivity contribution < 1.29 is 43.9 Å². The van der Waals surface area contributed by atoms with E-state index in [-0.39, 0.29) is 24.0 Å². The maximum absolute atomic E-state index is 12.8. The Bertz CT molecular complexity index is 1010. The third-order valence-corrected chi connectivity index (χ3v) is 8.59. The highest BCUT2D eigenvalue weighted by molar-refractivity contribution is 5.73. The lowest BCUT2D eigenvalue weighted by Crippen LogP contribution is -2.57. The highest BCUT2D eigenvalue weighted by Crippen LogP contribution is 2.46. The fourth-order valence-corrected chi connectivity index (χ4v) is 5.88. The molecule has 3 rings (SSSR count). The van der Waals surface area contributed by atoms with E-state index in [0.29, 0.717) is 6.42 Å². The van der Waals surface area contributed by atoms with E-state index in [1.54, 1.807) is 19.1 Å². The highest BCUT2D eigenvalue weighted by Gasteiger charge is 2.53. The minimum Gasteiger partial charge on any atom is -0.508 e. The molecule has 40 heavy (non-hydrogen) atoms.